The number of nitrogens with zero attached hydrogens (tertiary/aromatic N) is 2. The minimum Gasteiger partial charge on any atom is -0.204 e. The van der Waals surface area contributed by atoms with Crippen LogP contribution in [0.15, 0.2) is 30.7 Å². The summed E-state index contributed by atoms with van der Waals surface area (Å²) in [5.74, 6) is 0. The summed E-state index contributed by atoms with van der Waals surface area (Å²) in [6, 6.07) is 4.23. The van der Waals surface area contributed by atoms with Gasteiger partial charge in [0.1, 0.15) is 0 Å². The van der Waals surface area contributed by atoms with Crippen LogP contribution in [0.1, 0.15) is 0 Å². The summed E-state index contributed by atoms with van der Waals surface area (Å²) in [5.41, 5.74) is 0. The molecule has 0 fully saturated rings. The molecule has 2 heterocycles. The molecule has 0 N–H and O–H groups in total. The van der Waals surface area contributed by atoms with Gasteiger partial charge in [0.25, 0.3) is 0 Å². The molecule has 12 heavy (non-hydrogen) atoms. The highest BCUT2D eigenvalue weighted by Gasteiger charge is 2.12. The third-order valence-electron chi connectivity index (χ3n) is 1.57. The molecule has 60 valence electrons. The number of fused-ring (bicyclic) bond motifs is 2. The molecule has 3 rings (SSSR count). The van der Waals surface area contributed by atoms with Crippen molar-refractivity contribution in [3.05, 3.63) is 22.8 Å². The first kappa shape index (κ1) is 7.61. The Labute approximate surface area is 84.8 Å². The maximum absolute atomic E-state index is 4.29. The molecule has 6 heteroatoms. The molecule has 2 nitrogen and oxygen atoms in total. The molecule has 0 atom stereocenters. The fourth-order valence-corrected chi connectivity index (χ4v) is 4.51. The molecule has 0 saturated carbocycles. The topological polar surface area (TPSA) is 24.7 Å². The van der Waals surface area contributed by atoms with Crippen LogP contribution < -0.4 is 10.7 Å². The fraction of sp³-hybridized carbons (Fsp3) is 0. The highest BCUT2D eigenvalue weighted by molar-refractivity contribution is 8.76. The van der Waals surface area contributed by atoms with E-state index in [4.69, 9.17) is 0 Å². The molecule has 0 radical (unpaired) electrons. The summed E-state index contributed by atoms with van der Waals surface area (Å²) in [5, 5.41) is 2.21. The summed E-state index contributed by atoms with van der Waals surface area (Å²) in [6.07, 6.45) is 0. The Balaban J connectivity index is 2.40. The van der Waals surface area contributed by atoms with Crippen LogP contribution in [0, 0.1) is 0 Å². The van der Waals surface area contributed by atoms with Gasteiger partial charge in [-0.1, -0.05) is 0 Å². The van der Waals surface area contributed by atoms with Crippen LogP contribution in [-0.2, 0) is 0 Å². The minimum absolute atomic E-state index is 1.11. The van der Waals surface area contributed by atoms with Crippen molar-refractivity contribution >= 4 is 43.5 Å². The van der Waals surface area contributed by atoms with E-state index >= 15 is 0 Å². The average molecular weight is 230 g/mol. The predicted molar refractivity (Wildman–Crippen MR) is 55.7 cm³/mol. The summed E-state index contributed by atoms with van der Waals surface area (Å²) in [4.78, 5) is 2.48. The monoisotopic (exact) mass is 230 g/mol. The van der Waals surface area contributed by atoms with Gasteiger partial charge in [-0.05, 0) is 33.7 Å². The summed E-state index contributed by atoms with van der Waals surface area (Å²) >= 11 is 0. The van der Waals surface area contributed by atoms with E-state index in [0.29, 0.717) is 0 Å². The fourth-order valence-electron chi connectivity index (χ4n) is 1.01. The van der Waals surface area contributed by atoms with Crippen LogP contribution in [0.5, 0.6) is 0 Å². The van der Waals surface area contributed by atoms with Gasteiger partial charge in [0.2, 0.25) is 0 Å². The van der Waals surface area contributed by atoms with Crippen molar-refractivity contribution in [1.82, 2.24) is 0 Å². The van der Waals surface area contributed by atoms with Gasteiger partial charge in [-0.2, -0.15) is 0 Å². The van der Waals surface area contributed by atoms with Gasteiger partial charge < -0.3 is 0 Å². The largest absolute Gasteiger partial charge is 0.204 e. The Morgan fingerprint density at radius 3 is 1.83 bits per heavy atom. The van der Waals surface area contributed by atoms with Crippen molar-refractivity contribution in [2.24, 2.45) is 8.80 Å². The molecular formula is C6H2N2S4. The van der Waals surface area contributed by atoms with Crippen LogP contribution in [0.3, 0.4) is 0 Å². The Bertz CT molecular complexity index is 412. The normalized spacial score (nSPS) is 18.0. The lowest BCUT2D eigenvalue weighted by Crippen LogP contribution is -2.10. The Morgan fingerprint density at radius 2 is 1.33 bits per heavy atom. The first-order valence-corrected chi connectivity index (χ1v) is 7.42. The lowest BCUT2D eigenvalue weighted by molar-refractivity contribution is 1.18. The van der Waals surface area contributed by atoms with E-state index in [-0.39, 0.29) is 0 Å². The van der Waals surface area contributed by atoms with Crippen molar-refractivity contribution in [1.29, 1.82) is 0 Å². The average Bonchev–Trinajstić information content (AvgIpc) is 2.64. The molecule has 0 spiro atoms. The predicted octanol–water partition coefficient (Wildman–Crippen LogP) is 2.26. The molecule has 0 aromatic heterocycles. The summed E-state index contributed by atoms with van der Waals surface area (Å²) in [7, 11) is 6.49. The van der Waals surface area contributed by atoms with E-state index < -0.39 is 0 Å². The molecule has 0 amide bonds. The third kappa shape index (κ3) is 1.09. The van der Waals surface area contributed by atoms with Gasteiger partial charge >= 0.3 is 0 Å². The lowest BCUT2D eigenvalue weighted by Gasteiger charge is -1.90. The summed E-state index contributed by atoms with van der Waals surface area (Å²) < 4.78 is 8.58. The maximum Gasteiger partial charge on any atom is 0.0881 e. The third-order valence-corrected chi connectivity index (χ3v) is 5.24. The van der Waals surface area contributed by atoms with Crippen molar-refractivity contribution in [2.45, 2.75) is 9.79 Å². The van der Waals surface area contributed by atoms with Crippen LogP contribution in [0.4, 0.5) is 0 Å². The van der Waals surface area contributed by atoms with Gasteiger partial charge in [-0.25, -0.2) is 8.80 Å². The van der Waals surface area contributed by atoms with Crippen molar-refractivity contribution in [3.63, 3.8) is 0 Å². The number of hydrogen-bond donors (Lipinski definition) is 0. The van der Waals surface area contributed by atoms with E-state index in [1.54, 1.807) is 21.6 Å². The van der Waals surface area contributed by atoms with Crippen LogP contribution in [-0.4, -0.2) is 0 Å². The molecule has 0 aliphatic carbocycles. The highest BCUT2D eigenvalue weighted by atomic mass is 33.1. The Hall–Kier alpha value is 0.220. The second kappa shape index (κ2) is 2.87. The quantitative estimate of drug-likeness (QED) is 0.504. The first-order valence-electron chi connectivity index (χ1n) is 3.21. The smallest absolute Gasteiger partial charge is 0.0881 e. The number of benzene rings is 1. The number of hydrogen-bond acceptors (Lipinski definition) is 6. The van der Waals surface area contributed by atoms with Crippen LogP contribution in [0.25, 0.3) is 0 Å². The maximum atomic E-state index is 4.29. The second-order valence-corrected chi connectivity index (χ2v) is 6.06. The SMILES string of the molecule is c1c2c(cc3c1=NSS3)=NSS2. The minimum atomic E-state index is 1.11. The molecule has 1 aromatic carbocycles. The Morgan fingerprint density at radius 1 is 0.833 bits per heavy atom. The van der Waals surface area contributed by atoms with E-state index in [9.17, 15) is 0 Å². The second-order valence-electron chi connectivity index (χ2n) is 2.29. The Kier molecular flexibility index (Phi) is 1.82. The highest BCUT2D eigenvalue weighted by Crippen LogP contribution is 2.37. The zero-order valence-electron chi connectivity index (χ0n) is 5.68. The zero-order chi connectivity index (χ0) is 7.97. The molecule has 2 aliphatic rings. The number of rotatable bonds is 0. The molecule has 1 aromatic rings. The molecule has 2 aliphatic heterocycles. The molecule has 0 saturated heterocycles. The van der Waals surface area contributed by atoms with Crippen LogP contribution >= 0.6 is 43.5 Å². The van der Waals surface area contributed by atoms with Gasteiger partial charge in [-0.15, -0.1) is 0 Å². The van der Waals surface area contributed by atoms with Gasteiger partial charge in [0.15, 0.2) is 0 Å². The van der Waals surface area contributed by atoms with Crippen molar-refractivity contribution < 1.29 is 0 Å². The lowest BCUT2D eigenvalue weighted by atomic mass is 10.3. The van der Waals surface area contributed by atoms with Crippen LogP contribution in [0.2, 0.25) is 0 Å². The van der Waals surface area contributed by atoms with Gasteiger partial charge in [0.05, 0.1) is 10.7 Å². The zero-order valence-corrected chi connectivity index (χ0v) is 8.95. The first-order chi connectivity index (χ1) is 5.93. The van der Waals surface area contributed by atoms with E-state index in [1.165, 1.54) is 31.8 Å². The molecule has 0 bridgehead atoms. The van der Waals surface area contributed by atoms with Gasteiger partial charge in [0, 0.05) is 31.8 Å². The van der Waals surface area contributed by atoms with E-state index in [2.05, 4.69) is 20.9 Å². The standard InChI is InChI=1S/C6H2N2S4/c1-3-6(10-11-7-3)2-4-5(1)9-12-8-4/h1-2H. The van der Waals surface area contributed by atoms with Gasteiger partial charge in [-0.3, -0.25) is 0 Å². The summed E-state index contributed by atoms with van der Waals surface area (Å²) in [6.45, 7) is 0. The van der Waals surface area contributed by atoms with Crippen molar-refractivity contribution in [3.8, 4) is 0 Å². The molecular weight excluding hydrogens is 228 g/mol. The molecule has 0 unspecified atom stereocenters. The van der Waals surface area contributed by atoms with Crippen molar-refractivity contribution in [2.75, 3.05) is 0 Å². The van der Waals surface area contributed by atoms with E-state index in [0.717, 1.165) is 10.7 Å². The van der Waals surface area contributed by atoms with E-state index in [1.807, 2.05) is 0 Å².